The lowest BCUT2D eigenvalue weighted by atomic mass is 10.2. The molecule has 106 valence electrons. The van der Waals surface area contributed by atoms with Crippen LogP contribution >= 0.6 is 0 Å². The molecule has 0 aliphatic rings. The zero-order valence-corrected chi connectivity index (χ0v) is 11.4. The van der Waals surface area contributed by atoms with Gasteiger partial charge in [0.25, 0.3) is 11.1 Å². The van der Waals surface area contributed by atoms with Crippen molar-refractivity contribution in [2.75, 3.05) is 0 Å². The molecular weight excluding hydrogens is 270 g/mol. The number of aromatic nitrogens is 3. The maximum atomic E-state index is 12.5. The summed E-state index contributed by atoms with van der Waals surface area (Å²) in [6, 6.07) is 10.7. The molecule has 0 amide bonds. The molecule has 0 spiro atoms. The Hall–Kier alpha value is -2.89. The van der Waals surface area contributed by atoms with Gasteiger partial charge in [0.15, 0.2) is 0 Å². The van der Waals surface area contributed by atoms with E-state index < -0.39 is 16.8 Å². The number of H-pyrrole nitrogens is 1. The maximum Gasteiger partial charge on any atom is 0.331 e. The Labute approximate surface area is 118 Å². The van der Waals surface area contributed by atoms with Gasteiger partial charge in [-0.3, -0.25) is 18.7 Å². The molecule has 3 aromatic rings. The Morgan fingerprint density at radius 2 is 1.76 bits per heavy atom. The Balaban J connectivity index is 2.34. The largest absolute Gasteiger partial charge is 0.331 e. The third kappa shape index (κ3) is 2.10. The molecule has 6 heteroatoms. The van der Waals surface area contributed by atoms with E-state index in [1.165, 1.54) is 10.8 Å². The number of hydrogen-bond acceptors (Lipinski definition) is 3. The molecule has 0 bridgehead atoms. The minimum absolute atomic E-state index is 0.00414. The van der Waals surface area contributed by atoms with Crippen molar-refractivity contribution < 1.29 is 0 Å². The van der Waals surface area contributed by atoms with Crippen LogP contribution in [0.25, 0.3) is 10.9 Å². The van der Waals surface area contributed by atoms with Gasteiger partial charge in [-0.1, -0.05) is 30.3 Å². The zero-order valence-electron chi connectivity index (χ0n) is 11.4. The number of nitrogens with zero attached hydrogens (tertiary/aromatic N) is 2. The van der Waals surface area contributed by atoms with Crippen LogP contribution in [-0.4, -0.2) is 14.1 Å². The zero-order chi connectivity index (χ0) is 15.0. The smallest absolute Gasteiger partial charge is 0.328 e. The molecule has 0 unspecified atom stereocenters. The third-order valence-corrected chi connectivity index (χ3v) is 3.46. The Bertz CT molecular complexity index is 981. The molecule has 6 nitrogen and oxygen atoms in total. The highest BCUT2D eigenvalue weighted by Gasteiger charge is 2.13. The van der Waals surface area contributed by atoms with E-state index in [2.05, 4.69) is 4.98 Å². The van der Waals surface area contributed by atoms with Crippen molar-refractivity contribution in [2.45, 2.75) is 6.54 Å². The number of aromatic amines is 1. The lowest BCUT2D eigenvalue weighted by molar-refractivity contribution is 0.659. The summed E-state index contributed by atoms with van der Waals surface area (Å²) in [5.74, 6) is 0. The van der Waals surface area contributed by atoms with Gasteiger partial charge in [-0.25, -0.2) is 4.79 Å². The van der Waals surface area contributed by atoms with Gasteiger partial charge < -0.3 is 4.98 Å². The molecule has 2 heterocycles. The second kappa shape index (κ2) is 4.90. The summed E-state index contributed by atoms with van der Waals surface area (Å²) in [6.45, 7) is 0.136. The molecule has 0 saturated carbocycles. The molecule has 1 aromatic carbocycles. The van der Waals surface area contributed by atoms with Crippen LogP contribution in [-0.2, 0) is 13.6 Å². The molecule has 0 aliphatic heterocycles. The highest BCUT2D eigenvalue weighted by Crippen LogP contribution is 2.02. The van der Waals surface area contributed by atoms with Gasteiger partial charge in [0.1, 0.15) is 5.39 Å². The van der Waals surface area contributed by atoms with Crippen LogP contribution < -0.4 is 16.8 Å². The summed E-state index contributed by atoms with van der Waals surface area (Å²) in [4.78, 5) is 39.1. The standard InChI is InChI=1S/C15H13N3O3/c1-17-11-7-8-16-13(19)12(11)14(20)18(15(17)21)9-10-5-3-2-4-6-10/h2-8H,9H2,1H3,(H,16,19). The molecule has 2 aromatic heterocycles. The predicted octanol–water partition coefficient (Wildman–Crippen LogP) is 0.437. The monoisotopic (exact) mass is 283 g/mol. The molecule has 21 heavy (non-hydrogen) atoms. The van der Waals surface area contributed by atoms with Crippen molar-refractivity contribution in [1.29, 1.82) is 0 Å². The summed E-state index contributed by atoms with van der Waals surface area (Å²) in [7, 11) is 1.55. The van der Waals surface area contributed by atoms with Crippen LogP contribution in [0.2, 0.25) is 0 Å². The summed E-state index contributed by atoms with van der Waals surface area (Å²) in [6.07, 6.45) is 1.42. The number of hydrogen-bond donors (Lipinski definition) is 1. The van der Waals surface area contributed by atoms with Crippen LogP contribution in [0.4, 0.5) is 0 Å². The predicted molar refractivity (Wildman–Crippen MR) is 79.6 cm³/mol. The van der Waals surface area contributed by atoms with E-state index in [1.54, 1.807) is 13.1 Å². The summed E-state index contributed by atoms with van der Waals surface area (Å²) in [5, 5.41) is -0.00414. The second-order valence-corrected chi connectivity index (χ2v) is 4.79. The van der Waals surface area contributed by atoms with Crippen LogP contribution in [0.5, 0.6) is 0 Å². The quantitative estimate of drug-likeness (QED) is 0.741. The molecule has 1 N–H and O–H groups in total. The maximum absolute atomic E-state index is 12.5. The first-order chi connectivity index (χ1) is 10.1. The number of aryl methyl sites for hydroxylation is 1. The highest BCUT2D eigenvalue weighted by atomic mass is 16.2. The van der Waals surface area contributed by atoms with Crippen LogP contribution in [0.3, 0.4) is 0 Å². The average molecular weight is 283 g/mol. The van der Waals surface area contributed by atoms with Crippen molar-refractivity contribution in [3.8, 4) is 0 Å². The van der Waals surface area contributed by atoms with Gasteiger partial charge in [-0.15, -0.1) is 0 Å². The summed E-state index contributed by atoms with van der Waals surface area (Å²) in [5.41, 5.74) is -0.350. The average Bonchev–Trinajstić information content (AvgIpc) is 2.50. The van der Waals surface area contributed by atoms with Gasteiger partial charge in [-0.2, -0.15) is 0 Å². The summed E-state index contributed by atoms with van der Waals surface area (Å²) >= 11 is 0. The Morgan fingerprint density at radius 1 is 1.05 bits per heavy atom. The lowest BCUT2D eigenvalue weighted by Gasteiger charge is -2.10. The first kappa shape index (κ1) is 13.1. The highest BCUT2D eigenvalue weighted by molar-refractivity contribution is 5.76. The molecular formula is C15H13N3O3. The second-order valence-electron chi connectivity index (χ2n) is 4.79. The Kier molecular flexibility index (Phi) is 3.06. The van der Waals surface area contributed by atoms with Gasteiger partial charge in [0.2, 0.25) is 0 Å². The minimum atomic E-state index is -0.571. The molecule has 3 rings (SSSR count). The van der Waals surface area contributed by atoms with Crippen LogP contribution in [0, 0.1) is 0 Å². The number of rotatable bonds is 2. The van der Waals surface area contributed by atoms with E-state index in [4.69, 9.17) is 0 Å². The van der Waals surface area contributed by atoms with Gasteiger partial charge in [0.05, 0.1) is 12.1 Å². The third-order valence-electron chi connectivity index (χ3n) is 3.46. The molecule has 0 fully saturated rings. The fourth-order valence-electron chi connectivity index (χ4n) is 2.37. The number of nitrogens with one attached hydrogen (secondary N) is 1. The van der Waals surface area contributed by atoms with E-state index in [0.29, 0.717) is 5.52 Å². The van der Waals surface area contributed by atoms with Crippen molar-refractivity contribution >= 4 is 10.9 Å². The van der Waals surface area contributed by atoms with Crippen molar-refractivity contribution in [2.24, 2.45) is 7.05 Å². The van der Waals surface area contributed by atoms with Crippen molar-refractivity contribution in [3.05, 3.63) is 79.4 Å². The Morgan fingerprint density at radius 3 is 2.48 bits per heavy atom. The van der Waals surface area contributed by atoms with Crippen molar-refractivity contribution in [3.63, 3.8) is 0 Å². The number of pyridine rings is 1. The fourth-order valence-corrected chi connectivity index (χ4v) is 2.37. The lowest BCUT2D eigenvalue weighted by Crippen LogP contribution is -2.41. The first-order valence-corrected chi connectivity index (χ1v) is 6.45. The first-order valence-electron chi connectivity index (χ1n) is 6.45. The molecule has 0 atom stereocenters. The van der Waals surface area contributed by atoms with Gasteiger partial charge >= 0.3 is 5.69 Å². The molecule has 0 aliphatic carbocycles. The number of fused-ring (bicyclic) bond motifs is 1. The fraction of sp³-hybridized carbons (Fsp3) is 0.133. The van der Waals surface area contributed by atoms with Gasteiger partial charge in [-0.05, 0) is 11.6 Å². The minimum Gasteiger partial charge on any atom is -0.328 e. The molecule has 0 radical (unpaired) electrons. The van der Waals surface area contributed by atoms with Gasteiger partial charge in [0, 0.05) is 13.2 Å². The number of benzene rings is 1. The molecule has 0 saturated heterocycles. The van der Waals surface area contributed by atoms with E-state index in [1.807, 2.05) is 30.3 Å². The SMILES string of the molecule is Cn1c(=O)n(Cc2ccccc2)c(=O)c2c(=O)[nH]ccc21. The van der Waals surface area contributed by atoms with E-state index >= 15 is 0 Å². The van der Waals surface area contributed by atoms with E-state index in [-0.39, 0.29) is 11.9 Å². The summed E-state index contributed by atoms with van der Waals surface area (Å²) < 4.78 is 2.39. The van der Waals surface area contributed by atoms with Crippen LogP contribution in [0.1, 0.15) is 5.56 Å². The normalized spacial score (nSPS) is 10.9. The van der Waals surface area contributed by atoms with Crippen molar-refractivity contribution in [1.82, 2.24) is 14.1 Å². The van der Waals surface area contributed by atoms with E-state index in [9.17, 15) is 14.4 Å². The van der Waals surface area contributed by atoms with E-state index in [0.717, 1.165) is 10.1 Å². The topological polar surface area (TPSA) is 76.9 Å². The van der Waals surface area contributed by atoms with Crippen LogP contribution in [0.15, 0.2) is 57.0 Å².